The molecule has 0 radical (unpaired) electrons. The van der Waals surface area contributed by atoms with E-state index in [0.717, 1.165) is 10.5 Å². The third kappa shape index (κ3) is 4.01. The number of rotatable bonds is 6. The number of nitrogens with one attached hydrogen (secondary N) is 1. The minimum Gasteiger partial charge on any atom is -0.489 e. The number of amides is 4. The van der Waals surface area contributed by atoms with Crippen LogP contribution in [0, 0.1) is 0 Å². The Morgan fingerprint density at radius 1 is 1.25 bits per heavy atom. The fraction of sp³-hybridized carbons (Fsp3) is 0.450. The highest BCUT2D eigenvalue weighted by atomic mass is 16.5. The molecule has 4 amide bonds. The van der Waals surface area contributed by atoms with Gasteiger partial charge < -0.3 is 19.7 Å². The third-order valence-corrected chi connectivity index (χ3v) is 4.85. The molecule has 8 heteroatoms. The first kappa shape index (κ1) is 19.9. The van der Waals surface area contributed by atoms with Crippen LogP contribution < -0.4 is 10.1 Å². The number of urea groups is 1. The van der Waals surface area contributed by atoms with E-state index >= 15 is 0 Å². The minimum atomic E-state index is -1.23. The van der Waals surface area contributed by atoms with Crippen LogP contribution in [0.1, 0.15) is 19.4 Å². The van der Waals surface area contributed by atoms with E-state index in [1.54, 1.807) is 36.1 Å². The fourth-order valence-electron chi connectivity index (χ4n) is 3.18. The lowest BCUT2D eigenvalue weighted by molar-refractivity contribution is -0.141. The normalized spacial score (nSPS) is 22.2. The zero-order chi connectivity index (χ0) is 20.3. The van der Waals surface area contributed by atoms with Gasteiger partial charge in [0.25, 0.3) is 5.91 Å². The first-order valence-electron chi connectivity index (χ1n) is 9.18. The van der Waals surface area contributed by atoms with Crippen molar-refractivity contribution in [2.45, 2.75) is 19.4 Å². The van der Waals surface area contributed by atoms with Gasteiger partial charge in [0.05, 0.1) is 13.2 Å². The van der Waals surface area contributed by atoms with Crippen molar-refractivity contribution >= 4 is 17.8 Å². The van der Waals surface area contributed by atoms with E-state index < -0.39 is 17.5 Å². The molecule has 2 saturated heterocycles. The van der Waals surface area contributed by atoms with E-state index in [-0.39, 0.29) is 12.5 Å². The van der Waals surface area contributed by atoms with E-state index in [1.807, 2.05) is 6.92 Å². The van der Waals surface area contributed by atoms with Crippen LogP contribution in [0.15, 0.2) is 36.4 Å². The number of carbonyl (C=O) groups is 3. The molecular formula is C20H25N3O5. The van der Waals surface area contributed by atoms with E-state index in [9.17, 15) is 14.4 Å². The molecule has 1 aromatic rings. The first-order valence-corrected chi connectivity index (χ1v) is 9.18. The number of hydrogen-bond acceptors (Lipinski definition) is 5. The number of carbonyl (C=O) groups excluding carboxylic acids is 3. The summed E-state index contributed by atoms with van der Waals surface area (Å²) in [5, 5.41) is 2.71. The SMILES string of the molecule is C=C(C)COc1ccc(C2(C)NC(=O)N(CC(=O)N3CCOCC3)C2=O)cc1. The predicted octanol–water partition coefficient (Wildman–Crippen LogP) is 1.27. The van der Waals surface area contributed by atoms with Gasteiger partial charge in [-0.1, -0.05) is 18.7 Å². The molecule has 8 nitrogen and oxygen atoms in total. The predicted molar refractivity (Wildman–Crippen MR) is 102 cm³/mol. The Kier molecular flexibility index (Phi) is 5.69. The van der Waals surface area contributed by atoms with Gasteiger partial charge in [-0.3, -0.25) is 14.5 Å². The van der Waals surface area contributed by atoms with E-state index in [2.05, 4.69) is 11.9 Å². The van der Waals surface area contributed by atoms with E-state index in [0.29, 0.717) is 44.2 Å². The van der Waals surface area contributed by atoms with Crippen LogP contribution in [0.3, 0.4) is 0 Å². The molecule has 150 valence electrons. The Balaban J connectivity index is 1.70. The average molecular weight is 387 g/mol. The van der Waals surface area contributed by atoms with Crippen LogP contribution in [0.25, 0.3) is 0 Å². The highest BCUT2D eigenvalue weighted by Crippen LogP contribution is 2.30. The molecule has 2 fully saturated rings. The van der Waals surface area contributed by atoms with Gasteiger partial charge in [0.1, 0.15) is 24.4 Å². The molecule has 0 bridgehead atoms. The number of benzene rings is 1. The smallest absolute Gasteiger partial charge is 0.325 e. The Morgan fingerprint density at radius 2 is 1.89 bits per heavy atom. The van der Waals surface area contributed by atoms with Crippen molar-refractivity contribution in [3.8, 4) is 5.75 Å². The maximum atomic E-state index is 13.0. The summed E-state index contributed by atoms with van der Waals surface area (Å²) in [7, 11) is 0. The molecule has 3 rings (SSSR count). The van der Waals surface area contributed by atoms with Crippen molar-refractivity contribution in [3.63, 3.8) is 0 Å². The second kappa shape index (κ2) is 8.02. The van der Waals surface area contributed by atoms with Crippen LogP contribution in [0.5, 0.6) is 5.75 Å². The second-order valence-electron chi connectivity index (χ2n) is 7.21. The molecule has 2 heterocycles. The van der Waals surface area contributed by atoms with Crippen LogP contribution in [-0.4, -0.2) is 67.1 Å². The summed E-state index contributed by atoms with van der Waals surface area (Å²) in [4.78, 5) is 40.4. The summed E-state index contributed by atoms with van der Waals surface area (Å²) in [5.41, 5.74) is 0.291. The Morgan fingerprint density at radius 3 is 2.50 bits per heavy atom. The number of ether oxygens (including phenoxy) is 2. The fourth-order valence-corrected chi connectivity index (χ4v) is 3.18. The van der Waals surface area contributed by atoms with Gasteiger partial charge in [-0.15, -0.1) is 0 Å². The number of imide groups is 1. The lowest BCUT2D eigenvalue weighted by Gasteiger charge is -2.28. The van der Waals surface area contributed by atoms with Gasteiger partial charge in [0, 0.05) is 13.1 Å². The largest absolute Gasteiger partial charge is 0.489 e. The minimum absolute atomic E-state index is 0.264. The van der Waals surface area contributed by atoms with Gasteiger partial charge in [-0.25, -0.2) is 4.79 Å². The van der Waals surface area contributed by atoms with Crippen molar-refractivity contribution in [1.82, 2.24) is 15.1 Å². The Hall–Kier alpha value is -2.87. The van der Waals surface area contributed by atoms with Crippen LogP contribution in [-0.2, 0) is 19.9 Å². The van der Waals surface area contributed by atoms with Crippen LogP contribution in [0.4, 0.5) is 4.79 Å². The molecule has 1 aromatic carbocycles. The molecule has 2 aliphatic heterocycles. The summed E-state index contributed by atoms with van der Waals surface area (Å²) in [6.45, 7) is 9.27. The number of hydrogen-bond donors (Lipinski definition) is 1. The molecule has 28 heavy (non-hydrogen) atoms. The Bertz CT molecular complexity index is 786. The van der Waals surface area contributed by atoms with Crippen molar-refractivity contribution in [2.24, 2.45) is 0 Å². The lowest BCUT2D eigenvalue weighted by atomic mass is 9.92. The zero-order valence-electron chi connectivity index (χ0n) is 16.2. The zero-order valence-corrected chi connectivity index (χ0v) is 16.2. The molecular weight excluding hydrogens is 362 g/mol. The maximum absolute atomic E-state index is 13.0. The highest BCUT2D eigenvalue weighted by Gasteiger charge is 2.49. The number of morpholine rings is 1. The standard InChI is InChI=1S/C20H25N3O5/c1-14(2)13-28-16-6-4-15(5-7-16)20(3)18(25)23(19(26)21-20)12-17(24)22-8-10-27-11-9-22/h4-7H,1,8-13H2,2-3H3,(H,21,26). The van der Waals surface area contributed by atoms with Gasteiger partial charge >= 0.3 is 6.03 Å². The van der Waals surface area contributed by atoms with Gasteiger partial charge in [0.2, 0.25) is 5.91 Å². The molecule has 0 saturated carbocycles. The monoisotopic (exact) mass is 387 g/mol. The average Bonchev–Trinajstić information content (AvgIpc) is 2.91. The highest BCUT2D eigenvalue weighted by molar-refractivity contribution is 6.09. The summed E-state index contributed by atoms with van der Waals surface area (Å²) >= 11 is 0. The summed E-state index contributed by atoms with van der Waals surface area (Å²) in [5.74, 6) is -0.0687. The first-order chi connectivity index (χ1) is 13.3. The van der Waals surface area contributed by atoms with Crippen molar-refractivity contribution in [3.05, 3.63) is 42.0 Å². The summed E-state index contributed by atoms with van der Waals surface area (Å²) in [6, 6.07) is 6.38. The maximum Gasteiger partial charge on any atom is 0.325 e. The third-order valence-electron chi connectivity index (χ3n) is 4.85. The van der Waals surface area contributed by atoms with Crippen molar-refractivity contribution in [1.29, 1.82) is 0 Å². The molecule has 1 unspecified atom stereocenters. The number of nitrogens with zero attached hydrogens (tertiary/aromatic N) is 2. The molecule has 0 aromatic heterocycles. The molecule has 2 aliphatic rings. The second-order valence-corrected chi connectivity index (χ2v) is 7.21. The molecule has 0 spiro atoms. The Labute approximate surface area is 164 Å². The molecule has 0 aliphatic carbocycles. The molecule has 1 N–H and O–H groups in total. The van der Waals surface area contributed by atoms with Gasteiger partial charge in [-0.05, 0) is 37.1 Å². The van der Waals surface area contributed by atoms with Crippen molar-refractivity contribution in [2.75, 3.05) is 39.5 Å². The lowest BCUT2D eigenvalue weighted by Crippen LogP contribution is -2.47. The summed E-state index contributed by atoms with van der Waals surface area (Å²) in [6.07, 6.45) is 0. The topological polar surface area (TPSA) is 88.2 Å². The molecule has 1 atom stereocenters. The van der Waals surface area contributed by atoms with Gasteiger partial charge in [0.15, 0.2) is 0 Å². The van der Waals surface area contributed by atoms with Crippen molar-refractivity contribution < 1.29 is 23.9 Å². The summed E-state index contributed by atoms with van der Waals surface area (Å²) < 4.78 is 10.8. The van der Waals surface area contributed by atoms with Gasteiger partial charge in [-0.2, -0.15) is 0 Å². The quantitative estimate of drug-likeness (QED) is 0.587. The van der Waals surface area contributed by atoms with Crippen LogP contribution >= 0.6 is 0 Å². The van der Waals surface area contributed by atoms with E-state index in [1.165, 1.54) is 0 Å². The van der Waals surface area contributed by atoms with E-state index in [4.69, 9.17) is 9.47 Å². The van der Waals surface area contributed by atoms with Crippen LogP contribution in [0.2, 0.25) is 0 Å².